The molecule has 1 atom stereocenters. The van der Waals surface area contributed by atoms with Gasteiger partial charge in [-0.15, -0.1) is 11.8 Å². The van der Waals surface area contributed by atoms with Gasteiger partial charge in [-0.05, 0) is 106 Å². The molecule has 1 fully saturated rings. The second-order valence-corrected chi connectivity index (χ2v) is 12.3. The van der Waals surface area contributed by atoms with Crippen molar-refractivity contribution < 1.29 is 17.9 Å². The fraction of sp³-hybridized carbons (Fsp3) is 0.367. The first-order valence-electron chi connectivity index (χ1n) is 13.4. The molecule has 39 heavy (non-hydrogen) atoms. The molecule has 1 heterocycles. The molecule has 7 nitrogen and oxygen atoms in total. The van der Waals surface area contributed by atoms with E-state index in [-0.39, 0.29) is 23.4 Å². The molecule has 0 bridgehead atoms. The molecular formula is C30H37N3O4S2. The Labute approximate surface area is 236 Å². The van der Waals surface area contributed by atoms with Crippen LogP contribution in [-0.2, 0) is 14.8 Å². The molecule has 3 aromatic rings. The highest BCUT2D eigenvalue weighted by Gasteiger charge is 2.28. The maximum Gasteiger partial charge on any atom is 0.264 e. The zero-order valence-electron chi connectivity index (χ0n) is 22.8. The van der Waals surface area contributed by atoms with Crippen molar-refractivity contribution in [2.45, 2.75) is 48.9 Å². The minimum atomic E-state index is -4.00. The fourth-order valence-electron chi connectivity index (χ4n) is 4.69. The molecule has 1 unspecified atom stereocenters. The van der Waals surface area contributed by atoms with Crippen molar-refractivity contribution in [3.63, 3.8) is 0 Å². The van der Waals surface area contributed by atoms with Crippen molar-refractivity contribution in [1.82, 2.24) is 5.32 Å². The van der Waals surface area contributed by atoms with Crippen LogP contribution in [0.4, 0.5) is 11.4 Å². The molecule has 3 aromatic carbocycles. The van der Waals surface area contributed by atoms with E-state index in [1.54, 1.807) is 48.5 Å². The molecule has 0 aromatic heterocycles. The predicted molar refractivity (Wildman–Crippen MR) is 159 cm³/mol. The van der Waals surface area contributed by atoms with E-state index in [9.17, 15) is 13.2 Å². The summed E-state index contributed by atoms with van der Waals surface area (Å²) in [5, 5.41) is 2.98. The van der Waals surface area contributed by atoms with Crippen molar-refractivity contribution in [1.29, 1.82) is 0 Å². The molecule has 9 heteroatoms. The lowest BCUT2D eigenvalue weighted by Gasteiger charge is -2.29. The Balaban J connectivity index is 1.52. The van der Waals surface area contributed by atoms with Gasteiger partial charge in [-0.25, -0.2) is 8.42 Å². The second-order valence-electron chi connectivity index (χ2n) is 9.54. The minimum Gasteiger partial charge on any atom is -0.494 e. The van der Waals surface area contributed by atoms with Crippen LogP contribution in [0.2, 0.25) is 0 Å². The normalized spacial score (nSPS) is 14.5. The van der Waals surface area contributed by atoms with Crippen LogP contribution < -0.4 is 19.3 Å². The number of anilines is 2. The Morgan fingerprint density at radius 1 is 0.974 bits per heavy atom. The summed E-state index contributed by atoms with van der Waals surface area (Å²) in [6, 6.07) is 21.4. The van der Waals surface area contributed by atoms with Crippen LogP contribution in [-0.4, -0.2) is 46.8 Å². The van der Waals surface area contributed by atoms with Crippen LogP contribution in [0.3, 0.4) is 0 Å². The standard InChI is InChI=1S/C30H37N3O4S2/c1-4-37-27-14-12-26(13-15-27)33(39(35,36)29-18-16-28(38-3)17-19-29)22-30(34)31-23(2)24-8-10-25(11-9-24)32-20-6-5-7-21-32/h8-19,23H,4-7,20-22H2,1-3H3,(H,31,34). The Bertz CT molecular complexity index is 1320. The third-order valence-corrected chi connectivity index (χ3v) is 9.39. The minimum absolute atomic E-state index is 0.128. The summed E-state index contributed by atoms with van der Waals surface area (Å²) in [6.45, 7) is 6.09. The molecule has 4 rings (SSSR count). The van der Waals surface area contributed by atoms with Crippen LogP contribution in [0, 0.1) is 0 Å². The average molecular weight is 568 g/mol. The Hall–Kier alpha value is -3.17. The van der Waals surface area contributed by atoms with Gasteiger partial charge in [0.15, 0.2) is 0 Å². The molecule has 0 saturated carbocycles. The first kappa shape index (κ1) is 28.8. The number of thioether (sulfide) groups is 1. The third kappa shape index (κ3) is 7.28. The van der Waals surface area contributed by atoms with Crippen LogP contribution in [0.5, 0.6) is 5.75 Å². The maximum atomic E-state index is 13.7. The Morgan fingerprint density at radius 2 is 1.62 bits per heavy atom. The van der Waals surface area contributed by atoms with E-state index in [0.717, 1.165) is 27.9 Å². The molecule has 1 saturated heterocycles. The van der Waals surface area contributed by atoms with Crippen LogP contribution in [0.15, 0.2) is 82.6 Å². The number of benzene rings is 3. The van der Waals surface area contributed by atoms with Crippen molar-refractivity contribution in [2.24, 2.45) is 0 Å². The Morgan fingerprint density at radius 3 is 2.21 bits per heavy atom. The van der Waals surface area contributed by atoms with Crippen LogP contribution in [0.25, 0.3) is 0 Å². The number of nitrogens with one attached hydrogen (secondary N) is 1. The first-order chi connectivity index (χ1) is 18.8. The molecule has 0 aliphatic carbocycles. The van der Waals surface area contributed by atoms with Gasteiger partial charge in [0.25, 0.3) is 10.0 Å². The summed E-state index contributed by atoms with van der Waals surface area (Å²) in [6.07, 6.45) is 5.64. The van der Waals surface area contributed by atoms with E-state index < -0.39 is 10.0 Å². The van der Waals surface area contributed by atoms with Crippen molar-refractivity contribution in [2.75, 3.05) is 41.7 Å². The number of hydrogen-bond acceptors (Lipinski definition) is 6. The van der Waals surface area contributed by atoms with E-state index in [1.165, 1.54) is 36.7 Å². The van der Waals surface area contributed by atoms with Gasteiger partial charge in [-0.2, -0.15) is 0 Å². The quantitative estimate of drug-likeness (QED) is 0.292. The number of carbonyl (C=O) groups excluding carboxylic acids is 1. The molecule has 0 spiro atoms. The van der Waals surface area contributed by atoms with E-state index in [2.05, 4.69) is 22.3 Å². The number of carbonyl (C=O) groups is 1. The predicted octanol–water partition coefficient (Wildman–Crippen LogP) is 5.87. The van der Waals surface area contributed by atoms with Gasteiger partial charge in [0, 0.05) is 23.7 Å². The van der Waals surface area contributed by atoms with Crippen molar-refractivity contribution >= 4 is 39.1 Å². The third-order valence-electron chi connectivity index (χ3n) is 6.86. The first-order valence-corrected chi connectivity index (χ1v) is 16.0. The number of nitrogens with zero attached hydrogens (tertiary/aromatic N) is 2. The van der Waals surface area contributed by atoms with Gasteiger partial charge < -0.3 is 15.0 Å². The van der Waals surface area contributed by atoms with Gasteiger partial charge in [0.05, 0.1) is 23.2 Å². The van der Waals surface area contributed by atoms with E-state index in [4.69, 9.17) is 4.74 Å². The highest BCUT2D eigenvalue weighted by atomic mass is 32.2. The Kier molecular flexibility index (Phi) is 9.80. The maximum absolute atomic E-state index is 13.7. The van der Waals surface area contributed by atoms with Gasteiger partial charge in [-0.1, -0.05) is 12.1 Å². The molecular weight excluding hydrogens is 530 g/mol. The summed E-state index contributed by atoms with van der Waals surface area (Å²) in [5.41, 5.74) is 2.55. The SMILES string of the molecule is CCOc1ccc(N(CC(=O)NC(C)c2ccc(N3CCCCC3)cc2)S(=O)(=O)c2ccc(SC)cc2)cc1. The number of rotatable bonds is 11. The highest BCUT2D eigenvalue weighted by Crippen LogP contribution is 2.28. The van der Waals surface area contributed by atoms with Gasteiger partial charge in [0.2, 0.25) is 5.91 Å². The largest absolute Gasteiger partial charge is 0.494 e. The van der Waals surface area contributed by atoms with Gasteiger partial charge in [0.1, 0.15) is 12.3 Å². The summed E-state index contributed by atoms with van der Waals surface area (Å²) in [4.78, 5) is 16.7. The highest BCUT2D eigenvalue weighted by molar-refractivity contribution is 7.98. The van der Waals surface area contributed by atoms with Crippen molar-refractivity contribution in [3.05, 3.63) is 78.4 Å². The van der Waals surface area contributed by atoms with Crippen molar-refractivity contribution in [3.8, 4) is 5.75 Å². The van der Waals surface area contributed by atoms with E-state index in [0.29, 0.717) is 18.0 Å². The number of sulfonamides is 1. The van der Waals surface area contributed by atoms with Crippen LogP contribution >= 0.6 is 11.8 Å². The lowest BCUT2D eigenvalue weighted by atomic mass is 10.1. The summed E-state index contributed by atoms with van der Waals surface area (Å²) < 4.78 is 34.1. The van der Waals surface area contributed by atoms with Crippen LogP contribution in [0.1, 0.15) is 44.7 Å². The lowest BCUT2D eigenvalue weighted by molar-refractivity contribution is -0.120. The lowest BCUT2D eigenvalue weighted by Crippen LogP contribution is -2.41. The number of hydrogen-bond donors (Lipinski definition) is 1. The topological polar surface area (TPSA) is 79.0 Å². The van der Waals surface area contributed by atoms with Gasteiger partial charge in [-0.3, -0.25) is 9.10 Å². The molecule has 1 aliphatic rings. The average Bonchev–Trinajstić information content (AvgIpc) is 2.97. The second kappa shape index (κ2) is 13.3. The number of ether oxygens (including phenoxy) is 1. The van der Waals surface area contributed by atoms with E-state index >= 15 is 0 Å². The number of amides is 1. The summed E-state index contributed by atoms with van der Waals surface area (Å²) in [7, 11) is -4.00. The van der Waals surface area contributed by atoms with Gasteiger partial charge >= 0.3 is 0 Å². The zero-order valence-corrected chi connectivity index (χ0v) is 24.4. The zero-order chi connectivity index (χ0) is 27.8. The summed E-state index contributed by atoms with van der Waals surface area (Å²) in [5.74, 6) is 0.245. The van der Waals surface area contributed by atoms with E-state index in [1.807, 2.05) is 32.2 Å². The molecule has 1 N–H and O–H groups in total. The monoisotopic (exact) mass is 567 g/mol. The summed E-state index contributed by atoms with van der Waals surface area (Å²) >= 11 is 1.53. The molecule has 1 amide bonds. The molecule has 208 valence electrons. The smallest absolute Gasteiger partial charge is 0.264 e. The fourth-order valence-corrected chi connectivity index (χ4v) is 6.52. The molecule has 1 aliphatic heterocycles. The molecule has 0 radical (unpaired) electrons. The number of piperidine rings is 1.